The molecule has 0 saturated heterocycles. The van der Waals surface area contributed by atoms with Crippen LogP contribution in [0.3, 0.4) is 0 Å². The van der Waals surface area contributed by atoms with Gasteiger partial charge in [-0.05, 0) is 0 Å². The number of aliphatic hydroxyl groups is 3. The van der Waals surface area contributed by atoms with Gasteiger partial charge in [-0.2, -0.15) is 0 Å². The fourth-order valence-electron chi connectivity index (χ4n) is 0.635. The summed E-state index contributed by atoms with van der Waals surface area (Å²) in [7, 11) is 0. The Morgan fingerprint density at radius 1 is 1.67 bits per heavy atom. The highest BCUT2D eigenvalue weighted by atomic mass is 16.5. The molecule has 4 heteroatoms. The highest BCUT2D eigenvalue weighted by Gasteiger charge is 2.28. The Hall–Kier alpha value is -0.740. The van der Waals surface area contributed by atoms with Crippen molar-refractivity contribution in [3.05, 3.63) is 12.0 Å². The van der Waals surface area contributed by atoms with Crippen molar-refractivity contribution in [3.63, 3.8) is 0 Å². The van der Waals surface area contributed by atoms with Crippen LogP contribution in [-0.4, -0.2) is 34.1 Å². The summed E-state index contributed by atoms with van der Waals surface area (Å²) in [6.07, 6.45) is -0.717. The van der Waals surface area contributed by atoms with Gasteiger partial charge in [-0.15, -0.1) is 0 Å². The fourth-order valence-corrected chi connectivity index (χ4v) is 0.635. The minimum Gasteiger partial charge on any atom is -0.506 e. The van der Waals surface area contributed by atoms with Crippen LogP contribution < -0.4 is 0 Å². The van der Waals surface area contributed by atoms with Crippen LogP contribution in [0.25, 0.3) is 0 Å². The Morgan fingerprint density at radius 2 is 2.33 bits per heavy atom. The van der Waals surface area contributed by atoms with E-state index in [0.717, 1.165) is 6.26 Å². The molecule has 4 nitrogen and oxygen atoms in total. The monoisotopic (exact) mass is 132 g/mol. The lowest BCUT2D eigenvalue weighted by Gasteiger charge is -2.09. The molecule has 1 aliphatic heterocycles. The van der Waals surface area contributed by atoms with Gasteiger partial charge >= 0.3 is 0 Å². The smallest absolute Gasteiger partial charge is 0.159 e. The summed E-state index contributed by atoms with van der Waals surface area (Å²) in [6.45, 7) is -0.290. The molecule has 1 heterocycles. The zero-order chi connectivity index (χ0) is 6.85. The minimum atomic E-state index is -1.06. The summed E-state index contributed by atoms with van der Waals surface area (Å²) in [5, 5.41) is 26.0. The molecule has 0 bridgehead atoms. The van der Waals surface area contributed by atoms with E-state index in [0.29, 0.717) is 0 Å². The average Bonchev–Trinajstić information content (AvgIpc) is 2.15. The molecule has 0 spiro atoms. The van der Waals surface area contributed by atoms with Crippen molar-refractivity contribution >= 4 is 0 Å². The fraction of sp³-hybridized carbons (Fsp3) is 0.600. The van der Waals surface area contributed by atoms with Gasteiger partial charge in [0.1, 0.15) is 6.26 Å². The van der Waals surface area contributed by atoms with Gasteiger partial charge in [-0.25, -0.2) is 0 Å². The van der Waals surface area contributed by atoms with Gasteiger partial charge in [0.2, 0.25) is 0 Å². The van der Waals surface area contributed by atoms with Crippen LogP contribution in [0.5, 0.6) is 0 Å². The molecule has 0 amide bonds. The third-order valence-electron chi connectivity index (χ3n) is 1.20. The van der Waals surface area contributed by atoms with E-state index in [2.05, 4.69) is 4.74 Å². The number of rotatable bonds is 1. The maximum absolute atomic E-state index is 8.85. The van der Waals surface area contributed by atoms with Gasteiger partial charge in [0.15, 0.2) is 18.0 Å². The maximum atomic E-state index is 8.85. The first-order chi connectivity index (χ1) is 4.25. The molecule has 0 aliphatic carbocycles. The van der Waals surface area contributed by atoms with Crippen LogP contribution >= 0.6 is 0 Å². The second-order valence-corrected chi connectivity index (χ2v) is 1.84. The predicted molar refractivity (Wildman–Crippen MR) is 28.7 cm³/mol. The van der Waals surface area contributed by atoms with E-state index in [-0.39, 0.29) is 12.4 Å². The average molecular weight is 132 g/mol. The molecule has 0 aromatic rings. The Bertz CT molecular complexity index is 131. The van der Waals surface area contributed by atoms with Crippen molar-refractivity contribution in [1.29, 1.82) is 0 Å². The first kappa shape index (κ1) is 6.38. The van der Waals surface area contributed by atoms with E-state index in [9.17, 15) is 0 Å². The van der Waals surface area contributed by atoms with Crippen LogP contribution in [-0.2, 0) is 4.74 Å². The van der Waals surface area contributed by atoms with Crippen molar-refractivity contribution in [2.75, 3.05) is 6.61 Å². The molecular formula is C5H8O4. The quantitative estimate of drug-likeness (QED) is 0.434. The zero-order valence-corrected chi connectivity index (χ0v) is 4.69. The normalized spacial score (nSPS) is 33.8. The molecule has 0 unspecified atom stereocenters. The standard InChI is InChI=1S/C5H8O4/c6-1-4-5(8)3(7)2-9-4/h2,4-8H,1H2/t4-,5+/m1/s1. The first-order valence-electron chi connectivity index (χ1n) is 2.59. The lowest BCUT2D eigenvalue weighted by molar-refractivity contribution is 0.0111. The summed E-state index contributed by atoms with van der Waals surface area (Å²) < 4.78 is 4.61. The Labute approximate surface area is 52.0 Å². The van der Waals surface area contributed by atoms with E-state index in [1.165, 1.54) is 0 Å². The third-order valence-corrected chi connectivity index (χ3v) is 1.20. The van der Waals surface area contributed by atoms with Gasteiger partial charge in [-0.3, -0.25) is 0 Å². The molecule has 2 atom stereocenters. The molecule has 0 radical (unpaired) electrons. The van der Waals surface area contributed by atoms with E-state index in [1.54, 1.807) is 0 Å². The van der Waals surface area contributed by atoms with Gasteiger partial charge in [0.05, 0.1) is 6.61 Å². The summed E-state index contributed by atoms with van der Waals surface area (Å²) in [4.78, 5) is 0. The van der Waals surface area contributed by atoms with E-state index in [1.807, 2.05) is 0 Å². The zero-order valence-electron chi connectivity index (χ0n) is 4.69. The van der Waals surface area contributed by atoms with Crippen molar-refractivity contribution in [2.24, 2.45) is 0 Å². The van der Waals surface area contributed by atoms with Crippen LogP contribution in [0.2, 0.25) is 0 Å². The molecule has 0 fully saturated rings. The maximum Gasteiger partial charge on any atom is 0.159 e. The Balaban J connectivity index is 2.51. The number of hydrogen-bond donors (Lipinski definition) is 3. The van der Waals surface area contributed by atoms with Crippen molar-refractivity contribution in [1.82, 2.24) is 0 Å². The predicted octanol–water partition coefficient (Wildman–Crippen LogP) is -0.862. The molecule has 0 aromatic heterocycles. The van der Waals surface area contributed by atoms with Crippen LogP contribution in [0.15, 0.2) is 12.0 Å². The highest BCUT2D eigenvalue weighted by molar-refractivity contribution is 5.03. The molecule has 0 aromatic carbocycles. The summed E-state index contributed by atoms with van der Waals surface area (Å²) >= 11 is 0. The van der Waals surface area contributed by atoms with E-state index in [4.69, 9.17) is 15.3 Å². The Morgan fingerprint density at radius 3 is 2.56 bits per heavy atom. The van der Waals surface area contributed by atoms with Gasteiger partial charge < -0.3 is 20.1 Å². The summed E-state index contributed by atoms with van der Waals surface area (Å²) in [5.41, 5.74) is 0. The Kier molecular flexibility index (Phi) is 1.59. The molecule has 3 N–H and O–H groups in total. The van der Waals surface area contributed by atoms with Gasteiger partial charge in [-0.1, -0.05) is 0 Å². The van der Waals surface area contributed by atoms with Crippen molar-refractivity contribution in [3.8, 4) is 0 Å². The molecule has 52 valence electrons. The van der Waals surface area contributed by atoms with Gasteiger partial charge in [0.25, 0.3) is 0 Å². The number of ether oxygens (including phenoxy) is 1. The lowest BCUT2D eigenvalue weighted by atomic mass is 10.2. The molecule has 1 aliphatic rings. The van der Waals surface area contributed by atoms with Crippen LogP contribution in [0, 0.1) is 0 Å². The van der Waals surface area contributed by atoms with Crippen LogP contribution in [0.1, 0.15) is 0 Å². The molecule has 0 saturated carbocycles. The van der Waals surface area contributed by atoms with E-state index < -0.39 is 12.2 Å². The SMILES string of the molecule is OC[C@H]1OC=C(O)[C@@H]1O. The second kappa shape index (κ2) is 2.24. The summed E-state index contributed by atoms with van der Waals surface area (Å²) in [6, 6.07) is 0. The second-order valence-electron chi connectivity index (χ2n) is 1.84. The lowest BCUT2D eigenvalue weighted by Crippen LogP contribution is -2.27. The van der Waals surface area contributed by atoms with Crippen molar-refractivity contribution in [2.45, 2.75) is 12.2 Å². The molecule has 1 rings (SSSR count). The van der Waals surface area contributed by atoms with Crippen LogP contribution in [0.4, 0.5) is 0 Å². The molecule has 9 heavy (non-hydrogen) atoms. The van der Waals surface area contributed by atoms with Crippen molar-refractivity contribution < 1.29 is 20.1 Å². The largest absolute Gasteiger partial charge is 0.506 e. The first-order valence-corrected chi connectivity index (χ1v) is 2.59. The number of hydrogen-bond acceptors (Lipinski definition) is 4. The molecular weight excluding hydrogens is 124 g/mol. The highest BCUT2D eigenvalue weighted by Crippen LogP contribution is 2.14. The third kappa shape index (κ3) is 0.988. The topological polar surface area (TPSA) is 69.9 Å². The van der Waals surface area contributed by atoms with Gasteiger partial charge in [0, 0.05) is 0 Å². The minimum absolute atomic E-state index is 0.228. The number of aliphatic hydroxyl groups excluding tert-OH is 3. The summed E-state index contributed by atoms with van der Waals surface area (Å²) in [5.74, 6) is -0.228. The van der Waals surface area contributed by atoms with E-state index >= 15 is 0 Å².